The lowest BCUT2D eigenvalue weighted by Crippen LogP contribution is -2.56. The first-order valence-corrected chi connectivity index (χ1v) is 9.76. The Balaban J connectivity index is 1.76. The number of hydrogen-bond acceptors (Lipinski definition) is 7. The Bertz CT molecular complexity index is 880. The first-order chi connectivity index (χ1) is 14.3. The Morgan fingerprint density at radius 3 is 2.17 bits per heavy atom. The Morgan fingerprint density at radius 2 is 1.60 bits per heavy atom. The van der Waals surface area contributed by atoms with Gasteiger partial charge in [-0.25, -0.2) is 0 Å². The quantitative estimate of drug-likeness (QED) is 0.293. The summed E-state index contributed by atoms with van der Waals surface area (Å²) in [5.41, 5.74) is 2.99. The summed E-state index contributed by atoms with van der Waals surface area (Å²) in [5, 5.41) is 13.7. The van der Waals surface area contributed by atoms with Crippen LogP contribution in [0, 0.1) is 5.92 Å². The van der Waals surface area contributed by atoms with E-state index in [1.807, 2.05) is 54.6 Å². The SMILES string of the molecule is CC1(C)OC(=O)C(C(O)[C@@H](Cc2ccc(-c3ccccc3)cc2)NBC=O)C(=O)O1. The summed E-state index contributed by atoms with van der Waals surface area (Å²) in [6.07, 6.45) is -0.474. The van der Waals surface area contributed by atoms with Gasteiger partial charge in [-0.2, -0.15) is 0 Å². The molecule has 1 heterocycles. The van der Waals surface area contributed by atoms with E-state index in [-0.39, 0.29) is 7.41 Å². The summed E-state index contributed by atoms with van der Waals surface area (Å²) in [5.74, 6) is -4.54. The van der Waals surface area contributed by atoms with Crippen LogP contribution in [0.2, 0.25) is 0 Å². The molecular formula is C22H24BNO6. The molecule has 156 valence electrons. The van der Waals surface area contributed by atoms with E-state index in [1.54, 1.807) is 0 Å². The highest BCUT2D eigenvalue weighted by Gasteiger charge is 2.48. The van der Waals surface area contributed by atoms with E-state index in [2.05, 4.69) is 5.23 Å². The lowest BCUT2D eigenvalue weighted by molar-refractivity contribution is -0.245. The van der Waals surface area contributed by atoms with Crippen LogP contribution in [0.4, 0.5) is 0 Å². The smallest absolute Gasteiger partial charge is 0.326 e. The van der Waals surface area contributed by atoms with Gasteiger partial charge in [0, 0.05) is 19.9 Å². The van der Waals surface area contributed by atoms with Crippen LogP contribution < -0.4 is 5.23 Å². The topological polar surface area (TPSA) is 102 Å². The minimum absolute atomic E-state index is 0.0356. The van der Waals surface area contributed by atoms with Crippen molar-refractivity contribution in [2.45, 2.75) is 38.2 Å². The highest BCUT2D eigenvalue weighted by atomic mass is 16.7. The highest BCUT2D eigenvalue weighted by Crippen LogP contribution is 2.27. The predicted molar refractivity (Wildman–Crippen MR) is 112 cm³/mol. The molecule has 0 aromatic heterocycles. The molecule has 1 fully saturated rings. The average Bonchev–Trinajstić information content (AvgIpc) is 2.70. The van der Waals surface area contributed by atoms with Gasteiger partial charge in [-0.3, -0.25) is 9.59 Å². The number of rotatable bonds is 8. The fraction of sp³-hybridized carbons (Fsp3) is 0.318. The number of esters is 2. The Labute approximate surface area is 175 Å². The van der Waals surface area contributed by atoms with Crippen LogP contribution >= 0.6 is 0 Å². The van der Waals surface area contributed by atoms with Crippen molar-refractivity contribution >= 4 is 25.5 Å². The van der Waals surface area contributed by atoms with Gasteiger partial charge < -0.3 is 24.6 Å². The number of aliphatic hydroxyl groups excluding tert-OH is 1. The third-order valence-electron chi connectivity index (χ3n) is 4.93. The summed E-state index contributed by atoms with van der Waals surface area (Å²) in [6.45, 7) is 2.89. The van der Waals surface area contributed by atoms with Crippen LogP contribution in [0.25, 0.3) is 11.1 Å². The first-order valence-electron chi connectivity index (χ1n) is 9.76. The normalized spacial score (nSPS) is 18.1. The van der Waals surface area contributed by atoms with Gasteiger partial charge in [-0.1, -0.05) is 54.6 Å². The number of carbonyl (C=O) groups is 3. The van der Waals surface area contributed by atoms with Crippen molar-refractivity contribution in [2.24, 2.45) is 5.92 Å². The van der Waals surface area contributed by atoms with Gasteiger partial charge in [-0.05, 0) is 23.1 Å². The Kier molecular flexibility index (Phi) is 6.69. The summed E-state index contributed by atoms with van der Waals surface area (Å²) < 4.78 is 10.2. The lowest BCUT2D eigenvalue weighted by Gasteiger charge is -2.36. The van der Waals surface area contributed by atoms with Crippen molar-refractivity contribution in [3.05, 3.63) is 60.2 Å². The van der Waals surface area contributed by atoms with Crippen LogP contribution in [-0.4, -0.2) is 48.6 Å². The number of ether oxygens (including phenoxy) is 2. The minimum atomic E-state index is -1.48. The van der Waals surface area contributed by atoms with Crippen molar-refractivity contribution in [3.63, 3.8) is 0 Å². The predicted octanol–water partition coefficient (Wildman–Crippen LogP) is 1.21. The average molecular weight is 409 g/mol. The van der Waals surface area contributed by atoms with Gasteiger partial charge in [0.1, 0.15) is 0 Å². The lowest BCUT2D eigenvalue weighted by atomic mass is 9.86. The van der Waals surface area contributed by atoms with Gasteiger partial charge in [-0.15, -0.1) is 0 Å². The second-order valence-corrected chi connectivity index (χ2v) is 7.66. The molecule has 0 saturated carbocycles. The summed E-state index contributed by atoms with van der Waals surface area (Å²) in [7, 11) is -0.0356. The van der Waals surface area contributed by atoms with Gasteiger partial charge in [0.05, 0.1) is 12.3 Å². The van der Waals surface area contributed by atoms with E-state index in [4.69, 9.17) is 9.47 Å². The molecule has 2 atom stereocenters. The molecule has 0 aliphatic carbocycles. The molecule has 8 heteroatoms. The first kappa shape index (κ1) is 21.7. The van der Waals surface area contributed by atoms with Gasteiger partial charge in [0.15, 0.2) is 5.92 Å². The van der Waals surface area contributed by atoms with E-state index >= 15 is 0 Å². The standard InChI is InChI=1S/C22H24BNO6/c1-22(2)29-20(27)18(21(28)30-22)19(26)17(24-23-13-25)12-14-8-10-16(11-9-14)15-6-4-3-5-7-15/h3-11,13,17-19,23-24,26H,12H2,1-2H3/t17-,19?/m1/s1. The van der Waals surface area contributed by atoms with Crippen molar-refractivity contribution in [1.29, 1.82) is 0 Å². The molecule has 0 bridgehead atoms. The number of cyclic esters (lactones) is 2. The fourth-order valence-electron chi connectivity index (χ4n) is 3.47. The van der Waals surface area contributed by atoms with E-state index in [1.165, 1.54) is 13.8 Å². The molecule has 2 aromatic rings. The summed E-state index contributed by atoms with van der Waals surface area (Å²) in [6, 6.07) is 16.9. The molecule has 2 N–H and O–H groups in total. The summed E-state index contributed by atoms with van der Waals surface area (Å²) in [4.78, 5) is 35.5. The van der Waals surface area contributed by atoms with Crippen LogP contribution in [-0.2, 0) is 30.3 Å². The van der Waals surface area contributed by atoms with Gasteiger partial charge in [0.25, 0.3) is 13.2 Å². The molecule has 1 aliphatic heterocycles. The van der Waals surface area contributed by atoms with Gasteiger partial charge >= 0.3 is 11.9 Å². The van der Waals surface area contributed by atoms with Crippen molar-refractivity contribution < 1.29 is 29.0 Å². The molecule has 2 aromatic carbocycles. The second kappa shape index (κ2) is 9.23. The zero-order chi connectivity index (χ0) is 21.7. The molecule has 0 spiro atoms. The molecule has 1 saturated heterocycles. The van der Waals surface area contributed by atoms with Crippen molar-refractivity contribution in [1.82, 2.24) is 5.23 Å². The maximum absolute atomic E-state index is 12.3. The van der Waals surface area contributed by atoms with Crippen molar-refractivity contribution in [2.75, 3.05) is 0 Å². The summed E-state index contributed by atoms with van der Waals surface area (Å²) >= 11 is 0. The molecule has 3 rings (SSSR count). The highest BCUT2D eigenvalue weighted by molar-refractivity contribution is 6.64. The zero-order valence-corrected chi connectivity index (χ0v) is 16.9. The Morgan fingerprint density at radius 1 is 1.03 bits per heavy atom. The minimum Gasteiger partial charge on any atom is -0.422 e. The maximum Gasteiger partial charge on any atom is 0.326 e. The van der Waals surface area contributed by atoms with E-state index < -0.39 is 35.8 Å². The van der Waals surface area contributed by atoms with Crippen LogP contribution in [0.3, 0.4) is 0 Å². The number of hydrogen-bond donors (Lipinski definition) is 2. The molecule has 0 radical (unpaired) electrons. The van der Waals surface area contributed by atoms with E-state index in [9.17, 15) is 19.5 Å². The third-order valence-corrected chi connectivity index (χ3v) is 4.93. The Hall–Kier alpha value is -2.97. The van der Waals surface area contributed by atoms with Crippen LogP contribution in [0.1, 0.15) is 19.4 Å². The second-order valence-electron chi connectivity index (χ2n) is 7.66. The third kappa shape index (κ3) is 5.14. The largest absolute Gasteiger partial charge is 0.422 e. The fourth-order valence-corrected chi connectivity index (χ4v) is 3.47. The maximum atomic E-state index is 12.3. The van der Waals surface area contributed by atoms with Gasteiger partial charge in [0.2, 0.25) is 0 Å². The molecule has 0 amide bonds. The number of aliphatic hydroxyl groups is 1. The molecule has 1 aliphatic rings. The zero-order valence-electron chi connectivity index (χ0n) is 16.9. The van der Waals surface area contributed by atoms with Crippen LogP contribution in [0.5, 0.6) is 0 Å². The van der Waals surface area contributed by atoms with Crippen LogP contribution in [0.15, 0.2) is 54.6 Å². The molecule has 30 heavy (non-hydrogen) atoms. The van der Waals surface area contributed by atoms with Crippen molar-refractivity contribution in [3.8, 4) is 11.1 Å². The molecule has 7 nitrogen and oxygen atoms in total. The monoisotopic (exact) mass is 409 g/mol. The number of benzene rings is 2. The number of nitrogens with one attached hydrogen (secondary N) is 1. The molecular weight excluding hydrogens is 385 g/mol. The van der Waals surface area contributed by atoms with E-state index in [0.717, 1.165) is 16.7 Å². The van der Waals surface area contributed by atoms with E-state index in [0.29, 0.717) is 12.6 Å². The number of carbonyl (C=O) groups excluding carboxylic acids is 3. The molecule has 1 unspecified atom stereocenters.